The number of ether oxygens (including phenoxy) is 1. The fourth-order valence-corrected chi connectivity index (χ4v) is 4.95. The molecule has 1 unspecified atom stereocenters. The number of pyridine rings is 4. The number of amides is 1. The average molecular weight is 533 g/mol. The highest BCUT2D eigenvalue weighted by atomic mass is 32.2. The highest BCUT2D eigenvalue weighted by Gasteiger charge is 2.34. The Labute approximate surface area is 221 Å². The molecule has 1 aliphatic rings. The van der Waals surface area contributed by atoms with Gasteiger partial charge >= 0.3 is 0 Å². The molecule has 0 spiro atoms. The van der Waals surface area contributed by atoms with E-state index in [1.807, 2.05) is 36.4 Å². The maximum Gasteiger partial charge on any atom is 0.253 e. The fourth-order valence-electron chi connectivity index (χ4n) is 4.35. The molecular weight excluding hydrogens is 504 g/mol. The number of nitrogens with one attached hydrogen (secondary N) is 1. The highest BCUT2D eigenvalue weighted by molar-refractivity contribution is 7.90. The number of rotatable bonds is 7. The summed E-state index contributed by atoms with van der Waals surface area (Å²) in [5.41, 5.74) is 2.82. The van der Waals surface area contributed by atoms with Crippen molar-refractivity contribution < 1.29 is 17.9 Å². The molecule has 38 heavy (non-hydrogen) atoms. The monoisotopic (exact) mass is 532 g/mol. The van der Waals surface area contributed by atoms with Crippen molar-refractivity contribution in [1.82, 2.24) is 25.3 Å². The van der Waals surface area contributed by atoms with E-state index < -0.39 is 15.7 Å². The van der Waals surface area contributed by atoms with Crippen molar-refractivity contribution in [3.63, 3.8) is 0 Å². The quantitative estimate of drug-likeness (QED) is 0.382. The molecule has 5 rings (SSSR count). The largest absolute Gasteiger partial charge is 0.377 e. The molecule has 1 fully saturated rings. The van der Waals surface area contributed by atoms with Crippen LogP contribution in [-0.4, -0.2) is 66.3 Å². The zero-order valence-electron chi connectivity index (χ0n) is 21.4. The third-order valence-electron chi connectivity index (χ3n) is 6.71. The minimum absolute atomic E-state index is 0.0131. The van der Waals surface area contributed by atoms with E-state index in [-0.39, 0.29) is 22.6 Å². The lowest BCUT2D eigenvalue weighted by atomic mass is 10.1. The fraction of sp³-hybridized carbons (Fsp3) is 0.296. The molecule has 1 N–H and O–H groups in total. The van der Waals surface area contributed by atoms with Crippen LogP contribution in [0.3, 0.4) is 0 Å². The minimum atomic E-state index is -3.47. The van der Waals surface area contributed by atoms with E-state index in [2.05, 4.69) is 27.1 Å². The number of aromatic nitrogens is 4. The van der Waals surface area contributed by atoms with Crippen molar-refractivity contribution in [3.8, 4) is 11.4 Å². The minimum Gasteiger partial charge on any atom is -0.377 e. The van der Waals surface area contributed by atoms with Crippen molar-refractivity contribution in [2.75, 3.05) is 31.4 Å². The third kappa shape index (κ3) is 5.48. The summed E-state index contributed by atoms with van der Waals surface area (Å²) in [6.45, 7) is 3.91. The first-order valence-corrected chi connectivity index (χ1v) is 14.0. The Balaban J connectivity index is 1.33. The second-order valence-electron chi connectivity index (χ2n) is 9.64. The van der Waals surface area contributed by atoms with Crippen LogP contribution in [0.15, 0.2) is 66.0 Å². The van der Waals surface area contributed by atoms with Gasteiger partial charge in [0.05, 0.1) is 45.2 Å². The van der Waals surface area contributed by atoms with E-state index in [1.165, 1.54) is 18.5 Å². The van der Waals surface area contributed by atoms with Crippen molar-refractivity contribution in [1.29, 1.82) is 0 Å². The van der Waals surface area contributed by atoms with Crippen LogP contribution in [0.4, 0.5) is 5.82 Å². The van der Waals surface area contributed by atoms with Gasteiger partial charge in [-0.25, -0.2) is 18.4 Å². The summed E-state index contributed by atoms with van der Waals surface area (Å²) in [6.07, 6.45) is 6.26. The molecule has 1 amide bonds. The number of nitrogens with zero attached hydrogens (tertiary/aromatic N) is 5. The Bertz CT molecular complexity index is 1630. The number of sulfone groups is 1. The second kappa shape index (κ2) is 10.1. The molecular formula is C27H28N6O4S. The molecule has 4 aromatic rings. The SMILES string of the molecule is COC1(C)CCN(c2cccc(-c3ccc4cnc(CNC(=O)c5cncc(S(C)(=O)=O)c5)cc4n3)n2)C1. The van der Waals surface area contributed by atoms with Crippen molar-refractivity contribution in [2.45, 2.75) is 30.4 Å². The first-order valence-electron chi connectivity index (χ1n) is 12.1. The molecule has 1 saturated heterocycles. The van der Waals surface area contributed by atoms with Gasteiger partial charge in [0.25, 0.3) is 5.91 Å². The van der Waals surface area contributed by atoms with Gasteiger partial charge in [0, 0.05) is 50.4 Å². The number of fused-ring (bicyclic) bond motifs is 1. The van der Waals surface area contributed by atoms with Gasteiger partial charge in [-0.1, -0.05) is 6.07 Å². The van der Waals surface area contributed by atoms with E-state index in [9.17, 15) is 13.2 Å². The Morgan fingerprint density at radius 2 is 1.92 bits per heavy atom. The normalized spacial score (nSPS) is 17.6. The van der Waals surface area contributed by atoms with Gasteiger partial charge in [-0.05, 0) is 49.7 Å². The van der Waals surface area contributed by atoms with Gasteiger partial charge in [-0.2, -0.15) is 0 Å². The summed E-state index contributed by atoms with van der Waals surface area (Å²) in [4.78, 5) is 32.8. The second-order valence-corrected chi connectivity index (χ2v) is 11.7. The summed E-state index contributed by atoms with van der Waals surface area (Å²) in [5, 5.41) is 3.62. The van der Waals surface area contributed by atoms with E-state index >= 15 is 0 Å². The lowest BCUT2D eigenvalue weighted by Gasteiger charge is -2.23. The summed E-state index contributed by atoms with van der Waals surface area (Å²) < 4.78 is 29.2. The molecule has 1 aliphatic heterocycles. The number of carbonyl (C=O) groups excluding carboxylic acids is 1. The summed E-state index contributed by atoms with van der Waals surface area (Å²) >= 11 is 0. The summed E-state index contributed by atoms with van der Waals surface area (Å²) in [7, 11) is -1.72. The number of carbonyl (C=O) groups is 1. The first-order chi connectivity index (χ1) is 18.1. The van der Waals surface area contributed by atoms with Crippen LogP contribution in [0, 0.1) is 0 Å². The van der Waals surface area contributed by atoms with Gasteiger partial charge in [-0.3, -0.25) is 14.8 Å². The van der Waals surface area contributed by atoms with Crippen LogP contribution in [0.25, 0.3) is 22.3 Å². The zero-order valence-corrected chi connectivity index (χ0v) is 22.2. The highest BCUT2D eigenvalue weighted by Crippen LogP contribution is 2.29. The lowest BCUT2D eigenvalue weighted by molar-refractivity contribution is 0.0256. The van der Waals surface area contributed by atoms with E-state index in [0.717, 1.165) is 53.9 Å². The maximum atomic E-state index is 12.6. The molecule has 4 aromatic heterocycles. The number of hydrogen-bond acceptors (Lipinski definition) is 9. The van der Waals surface area contributed by atoms with E-state index in [4.69, 9.17) is 14.7 Å². The van der Waals surface area contributed by atoms with Crippen molar-refractivity contribution in [2.24, 2.45) is 0 Å². The van der Waals surface area contributed by atoms with Crippen LogP contribution in [0.5, 0.6) is 0 Å². The predicted octanol–water partition coefficient (Wildman–Crippen LogP) is 3.04. The molecule has 0 saturated carbocycles. The zero-order chi connectivity index (χ0) is 26.9. The molecule has 10 nitrogen and oxygen atoms in total. The van der Waals surface area contributed by atoms with Gasteiger partial charge in [0.1, 0.15) is 5.82 Å². The van der Waals surface area contributed by atoms with E-state index in [0.29, 0.717) is 5.69 Å². The molecule has 0 aromatic carbocycles. The number of methoxy groups -OCH3 is 1. The lowest BCUT2D eigenvalue weighted by Crippen LogP contribution is -2.32. The Morgan fingerprint density at radius 3 is 2.68 bits per heavy atom. The van der Waals surface area contributed by atoms with Crippen LogP contribution in [0.1, 0.15) is 29.4 Å². The van der Waals surface area contributed by atoms with Crippen LogP contribution >= 0.6 is 0 Å². The molecule has 0 radical (unpaired) electrons. The van der Waals surface area contributed by atoms with Gasteiger partial charge in [0.15, 0.2) is 9.84 Å². The number of anilines is 1. The predicted molar refractivity (Wildman–Crippen MR) is 144 cm³/mol. The average Bonchev–Trinajstić information content (AvgIpc) is 3.33. The van der Waals surface area contributed by atoms with E-state index in [1.54, 1.807) is 13.3 Å². The van der Waals surface area contributed by atoms with Crippen LogP contribution in [0.2, 0.25) is 0 Å². The standard InChI is InChI=1S/C27H28N6O4S/c1-27(37-2)9-10-33(17-27)25-6-4-5-22(32-25)23-8-7-18-14-29-20(12-24(18)31-23)15-30-26(34)19-11-21(16-28-13-19)38(3,35)36/h4-8,11-14,16H,9-10,15,17H2,1-3H3,(H,30,34). The summed E-state index contributed by atoms with van der Waals surface area (Å²) in [5.74, 6) is 0.442. The first kappa shape index (κ1) is 25.7. The van der Waals surface area contributed by atoms with Crippen molar-refractivity contribution >= 4 is 32.5 Å². The molecule has 11 heteroatoms. The van der Waals surface area contributed by atoms with Gasteiger partial charge in [0.2, 0.25) is 0 Å². The molecule has 0 bridgehead atoms. The Kier molecular flexibility index (Phi) is 6.80. The van der Waals surface area contributed by atoms with Crippen molar-refractivity contribution in [3.05, 3.63) is 72.3 Å². The van der Waals surface area contributed by atoms with Crippen LogP contribution < -0.4 is 10.2 Å². The topological polar surface area (TPSA) is 127 Å². The third-order valence-corrected chi connectivity index (χ3v) is 7.79. The van der Waals surface area contributed by atoms with Gasteiger partial charge < -0.3 is 15.0 Å². The smallest absolute Gasteiger partial charge is 0.253 e. The molecule has 196 valence electrons. The van der Waals surface area contributed by atoms with Gasteiger partial charge in [-0.15, -0.1) is 0 Å². The molecule has 1 atom stereocenters. The Hall–Kier alpha value is -3.96. The molecule has 5 heterocycles. The maximum absolute atomic E-state index is 12.6. The number of hydrogen-bond donors (Lipinski definition) is 1. The summed E-state index contributed by atoms with van der Waals surface area (Å²) in [6, 6.07) is 12.9. The van der Waals surface area contributed by atoms with Crippen LogP contribution in [-0.2, 0) is 21.1 Å². The Morgan fingerprint density at radius 1 is 1.11 bits per heavy atom. The molecule has 0 aliphatic carbocycles.